The molecular formula is C26H20Cl2N2. The van der Waals surface area contributed by atoms with Crippen molar-refractivity contribution in [3.05, 3.63) is 130 Å². The normalized spacial score (nSPS) is 12.4. The Morgan fingerprint density at radius 2 is 1.17 bits per heavy atom. The fourth-order valence-corrected chi connectivity index (χ4v) is 3.48. The molecule has 0 amide bonds. The summed E-state index contributed by atoms with van der Waals surface area (Å²) in [5, 5.41) is 5.03. The first-order chi connectivity index (χ1) is 14.7. The summed E-state index contributed by atoms with van der Waals surface area (Å²) in [4.78, 5) is 5.03. The van der Waals surface area contributed by atoms with Crippen LogP contribution in [0.5, 0.6) is 0 Å². The van der Waals surface area contributed by atoms with Gasteiger partial charge in [0.1, 0.15) is 0 Å². The number of para-hydroxylation sites is 2. The van der Waals surface area contributed by atoms with E-state index in [4.69, 9.17) is 28.2 Å². The van der Waals surface area contributed by atoms with Gasteiger partial charge in [0.05, 0.1) is 17.4 Å². The van der Waals surface area contributed by atoms with Crippen LogP contribution in [0.1, 0.15) is 17.2 Å². The summed E-state index contributed by atoms with van der Waals surface area (Å²) in [5.74, 6) is 0. The Hall–Kier alpha value is -3.07. The number of aliphatic imine (C=N–C) groups is 1. The molecule has 0 saturated carbocycles. The van der Waals surface area contributed by atoms with Gasteiger partial charge in [-0.1, -0.05) is 83.9 Å². The third-order valence-electron chi connectivity index (χ3n) is 4.71. The van der Waals surface area contributed by atoms with Gasteiger partial charge in [0, 0.05) is 15.7 Å². The van der Waals surface area contributed by atoms with Gasteiger partial charge in [-0.25, -0.2) is 0 Å². The SMILES string of the molecule is Clc1ccc(C(=Nc2ccccc2)C(Nc2ccccc2)c2ccc(Cl)cc2)cc1. The molecule has 0 spiro atoms. The number of hydrogen-bond donors (Lipinski definition) is 1. The van der Waals surface area contributed by atoms with E-state index in [-0.39, 0.29) is 6.04 Å². The average Bonchev–Trinajstić information content (AvgIpc) is 2.79. The molecule has 0 aliphatic heterocycles. The smallest absolute Gasteiger partial charge is 0.0946 e. The highest BCUT2D eigenvalue weighted by molar-refractivity contribution is 6.31. The van der Waals surface area contributed by atoms with E-state index in [1.165, 1.54) is 0 Å². The largest absolute Gasteiger partial charge is 0.373 e. The molecule has 0 heterocycles. The number of nitrogens with zero attached hydrogens (tertiary/aromatic N) is 1. The first-order valence-corrected chi connectivity index (χ1v) is 10.4. The van der Waals surface area contributed by atoms with Crippen molar-refractivity contribution in [2.24, 2.45) is 4.99 Å². The van der Waals surface area contributed by atoms with E-state index in [0.29, 0.717) is 10.0 Å². The van der Waals surface area contributed by atoms with E-state index in [2.05, 4.69) is 5.32 Å². The maximum atomic E-state index is 6.16. The van der Waals surface area contributed by atoms with Gasteiger partial charge in [-0.2, -0.15) is 0 Å². The van der Waals surface area contributed by atoms with Crippen molar-refractivity contribution in [3.63, 3.8) is 0 Å². The number of benzene rings is 4. The van der Waals surface area contributed by atoms with Crippen molar-refractivity contribution in [1.29, 1.82) is 0 Å². The lowest BCUT2D eigenvalue weighted by atomic mass is 9.95. The molecule has 0 fully saturated rings. The lowest BCUT2D eigenvalue weighted by molar-refractivity contribution is 1.03. The van der Waals surface area contributed by atoms with Gasteiger partial charge in [0.2, 0.25) is 0 Å². The summed E-state index contributed by atoms with van der Waals surface area (Å²) >= 11 is 12.3. The minimum absolute atomic E-state index is 0.189. The van der Waals surface area contributed by atoms with Crippen molar-refractivity contribution in [1.82, 2.24) is 0 Å². The van der Waals surface area contributed by atoms with E-state index in [0.717, 1.165) is 28.2 Å². The second kappa shape index (κ2) is 9.62. The first kappa shape index (κ1) is 20.2. The molecule has 4 heteroatoms. The lowest BCUT2D eigenvalue weighted by Gasteiger charge is -2.23. The molecule has 0 bridgehead atoms. The molecular weight excluding hydrogens is 411 g/mol. The van der Waals surface area contributed by atoms with Gasteiger partial charge in [-0.3, -0.25) is 4.99 Å². The highest BCUT2D eigenvalue weighted by Gasteiger charge is 2.21. The van der Waals surface area contributed by atoms with E-state index in [9.17, 15) is 0 Å². The summed E-state index contributed by atoms with van der Waals surface area (Å²) in [6.45, 7) is 0. The number of hydrogen-bond acceptors (Lipinski definition) is 2. The van der Waals surface area contributed by atoms with Crippen LogP contribution in [-0.2, 0) is 0 Å². The van der Waals surface area contributed by atoms with Crippen molar-refractivity contribution < 1.29 is 0 Å². The van der Waals surface area contributed by atoms with Crippen LogP contribution in [-0.4, -0.2) is 5.71 Å². The fraction of sp³-hybridized carbons (Fsp3) is 0.0385. The summed E-state index contributed by atoms with van der Waals surface area (Å²) in [7, 11) is 0. The van der Waals surface area contributed by atoms with Gasteiger partial charge in [-0.05, 0) is 59.7 Å². The Morgan fingerprint density at radius 3 is 1.77 bits per heavy atom. The molecule has 0 radical (unpaired) electrons. The van der Waals surface area contributed by atoms with E-state index in [1.54, 1.807) is 0 Å². The van der Waals surface area contributed by atoms with Crippen molar-refractivity contribution in [2.75, 3.05) is 5.32 Å². The Balaban J connectivity index is 1.86. The first-order valence-electron chi connectivity index (χ1n) is 9.66. The molecule has 2 nitrogen and oxygen atoms in total. The molecule has 0 aliphatic rings. The van der Waals surface area contributed by atoms with Crippen molar-refractivity contribution in [2.45, 2.75) is 6.04 Å². The summed E-state index contributed by atoms with van der Waals surface area (Å²) < 4.78 is 0. The van der Waals surface area contributed by atoms with Crippen LogP contribution < -0.4 is 5.32 Å². The molecule has 0 aliphatic carbocycles. The number of rotatable bonds is 6. The Kier molecular flexibility index (Phi) is 6.48. The molecule has 0 saturated heterocycles. The fourth-order valence-electron chi connectivity index (χ4n) is 3.22. The van der Waals surface area contributed by atoms with Gasteiger partial charge >= 0.3 is 0 Å². The second-order valence-electron chi connectivity index (χ2n) is 6.83. The van der Waals surface area contributed by atoms with Gasteiger partial charge in [-0.15, -0.1) is 0 Å². The predicted molar refractivity (Wildman–Crippen MR) is 128 cm³/mol. The van der Waals surface area contributed by atoms with E-state index < -0.39 is 0 Å². The standard InChI is InChI=1S/C26H20Cl2N2/c27-21-15-11-19(12-16-21)25(29-23-7-3-1-4-8-23)26(20-13-17-22(28)18-14-20)30-24-9-5-2-6-10-24/h1-18,25,29H. The molecule has 1 atom stereocenters. The predicted octanol–water partition coefficient (Wildman–Crippen LogP) is 7.97. The van der Waals surface area contributed by atoms with E-state index >= 15 is 0 Å². The van der Waals surface area contributed by atoms with E-state index in [1.807, 2.05) is 109 Å². The van der Waals surface area contributed by atoms with Crippen molar-refractivity contribution in [3.8, 4) is 0 Å². The molecule has 148 valence electrons. The summed E-state index contributed by atoms with van der Waals surface area (Å²) in [6.07, 6.45) is 0. The number of anilines is 1. The summed E-state index contributed by atoms with van der Waals surface area (Å²) in [6, 6.07) is 35.5. The number of nitrogens with one attached hydrogen (secondary N) is 1. The zero-order chi connectivity index (χ0) is 20.8. The minimum Gasteiger partial charge on any atom is -0.373 e. The maximum Gasteiger partial charge on any atom is 0.0946 e. The molecule has 1 unspecified atom stereocenters. The quantitative estimate of drug-likeness (QED) is 0.308. The Morgan fingerprint density at radius 1 is 0.633 bits per heavy atom. The average molecular weight is 431 g/mol. The Bertz CT molecular complexity index is 1110. The lowest BCUT2D eigenvalue weighted by Crippen LogP contribution is -2.22. The highest BCUT2D eigenvalue weighted by atomic mass is 35.5. The van der Waals surface area contributed by atoms with Crippen LogP contribution in [0.4, 0.5) is 11.4 Å². The topological polar surface area (TPSA) is 24.4 Å². The number of halogens is 2. The zero-order valence-corrected chi connectivity index (χ0v) is 17.7. The van der Waals surface area contributed by atoms with Crippen LogP contribution in [0, 0.1) is 0 Å². The molecule has 30 heavy (non-hydrogen) atoms. The molecule has 4 aromatic rings. The zero-order valence-electron chi connectivity index (χ0n) is 16.2. The van der Waals surface area contributed by atoms with Crippen molar-refractivity contribution >= 4 is 40.3 Å². The third kappa shape index (κ3) is 5.10. The van der Waals surface area contributed by atoms with Gasteiger partial charge < -0.3 is 5.32 Å². The molecule has 1 N–H and O–H groups in total. The van der Waals surface area contributed by atoms with Crippen LogP contribution in [0.25, 0.3) is 0 Å². The molecule has 0 aromatic heterocycles. The Labute approximate surface area is 186 Å². The van der Waals surface area contributed by atoms with Gasteiger partial charge in [0.15, 0.2) is 0 Å². The second-order valence-corrected chi connectivity index (χ2v) is 7.71. The van der Waals surface area contributed by atoms with Gasteiger partial charge in [0.25, 0.3) is 0 Å². The van der Waals surface area contributed by atoms with Crippen LogP contribution in [0.2, 0.25) is 10.0 Å². The maximum absolute atomic E-state index is 6.16. The third-order valence-corrected chi connectivity index (χ3v) is 5.21. The molecule has 4 rings (SSSR count). The molecule has 4 aromatic carbocycles. The monoisotopic (exact) mass is 430 g/mol. The van der Waals surface area contributed by atoms with Crippen LogP contribution >= 0.6 is 23.2 Å². The van der Waals surface area contributed by atoms with Crippen LogP contribution in [0.3, 0.4) is 0 Å². The highest BCUT2D eigenvalue weighted by Crippen LogP contribution is 2.28. The van der Waals surface area contributed by atoms with Crippen LogP contribution in [0.15, 0.2) is 114 Å². The summed E-state index contributed by atoms with van der Waals surface area (Å²) in [5.41, 5.74) is 4.84. The minimum atomic E-state index is -0.189.